The maximum atomic E-state index is 5.61. The number of nitrogens with two attached hydrogens (primary N) is 1. The highest BCUT2D eigenvalue weighted by molar-refractivity contribution is 5.38. The summed E-state index contributed by atoms with van der Waals surface area (Å²) in [4.78, 5) is 11.0. The van der Waals surface area contributed by atoms with Gasteiger partial charge >= 0.3 is 0 Å². The average Bonchev–Trinajstić information content (AvgIpc) is 2.32. The maximum absolute atomic E-state index is 5.61. The van der Waals surface area contributed by atoms with Crippen LogP contribution >= 0.6 is 0 Å². The number of hydrogen-bond donors (Lipinski definition) is 1. The minimum Gasteiger partial charge on any atom is -0.396 e. The Balaban J connectivity index is 2.13. The molecule has 2 rings (SSSR count). The fourth-order valence-corrected chi connectivity index (χ4v) is 2.38. The van der Waals surface area contributed by atoms with Gasteiger partial charge in [0.05, 0.1) is 18.1 Å². The molecule has 1 unspecified atom stereocenters. The van der Waals surface area contributed by atoms with Crippen LogP contribution in [0.3, 0.4) is 0 Å². The molecule has 1 aromatic heterocycles. The van der Waals surface area contributed by atoms with E-state index in [0.29, 0.717) is 11.7 Å². The van der Waals surface area contributed by atoms with Crippen molar-refractivity contribution in [3.8, 4) is 0 Å². The molecule has 4 heteroatoms. The van der Waals surface area contributed by atoms with E-state index in [1.54, 1.807) is 12.4 Å². The first kappa shape index (κ1) is 11.2. The van der Waals surface area contributed by atoms with E-state index in [1.165, 1.54) is 32.1 Å². The lowest BCUT2D eigenvalue weighted by molar-refractivity contribution is 0.428. The van der Waals surface area contributed by atoms with Crippen LogP contribution in [0, 0.1) is 0 Å². The quantitative estimate of drug-likeness (QED) is 0.848. The number of hydrogen-bond acceptors (Lipinski definition) is 4. The third-order valence-electron chi connectivity index (χ3n) is 3.16. The van der Waals surface area contributed by atoms with Crippen molar-refractivity contribution in [3.05, 3.63) is 12.4 Å². The molecule has 1 aliphatic rings. The number of anilines is 2. The van der Waals surface area contributed by atoms with Crippen LogP contribution in [0.25, 0.3) is 0 Å². The van der Waals surface area contributed by atoms with Gasteiger partial charge in [0.1, 0.15) is 0 Å². The highest BCUT2D eigenvalue weighted by Gasteiger charge is 2.23. The summed E-state index contributed by atoms with van der Waals surface area (Å²) in [5.74, 6) is 0.840. The Morgan fingerprint density at radius 1 is 1.38 bits per heavy atom. The van der Waals surface area contributed by atoms with Crippen LogP contribution < -0.4 is 10.6 Å². The summed E-state index contributed by atoms with van der Waals surface area (Å²) in [7, 11) is 0. The summed E-state index contributed by atoms with van der Waals surface area (Å²) in [5.41, 5.74) is 6.24. The van der Waals surface area contributed by atoms with Gasteiger partial charge < -0.3 is 10.6 Å². The molecule has 0 aromatic carbocycles. The van der Waals surface area contributed by atoms with Gasteiger partial charge in [0.25, 0.3) is 0 Å². The Hall–Kier alpha value is -1.32. The van der Waals surface area contributed by atoms with Gasteiger partial charge in [-0.2, -0.15) is 0 Å². The molecule has 0 amide bonds. The zero-order valence-electron chi connectivity index (χ0n) is 9.89. The minimum absolute atomic E-state index is 0.613. The summed E-state index contributed by atoms with van der Waals surface area (Å²) in [5, 5.41) is 0. The molecule has 2 heterocycles. The van der Waals surface area contributed by atoms with Gasteiger partial charge in [0.15, 0.2) is 0 Å². The molecule has 1 atom stereocenters. The van der Waals surface area contributed by atoms with Gasteiger partial charge in [-0.1, -0.05) is 13.3 Å². The van der Waals surface area contributed by atoms with Crippen molar-refractivity contribution in [1.29, 1.82) is 0 Å². The van der Waals surface area contributed by atoms with Crippen LogP contribution in [0.4, 0.5) is 11.6 Å². The second-order valence-corrected chi connectivity index (χ2v) is 4.45. The van der Waals surface area contributed by atoms with Crippen LogP contribution in [0.5, 0.6) is 0 Å². The molecule has 16 heavy (non-hydrogen) atoms. The van der Waals surface area contributed by atoms with E-state index in [0.717, 1.165) is 12.5 Å². The van der Waals surface area contributed by atoms with E-state index in [2.05, 4.69) is 21.8 Å². The van der Waals surface area contributed by atoms with Crippen molar-refractivity contribution in [1.82, 2.24) is 9.97 Å². The Morgan fingerprint density at radius 3 is 2.81 bits per heavy atom. The van der Waals surface area contributed by atoms with E-state index in [-0.39, 0.29) is 0 Å². The standard InChI is InChI=1S/C12H20N4/c1-2-5-11-6-3-4-7-16(11)12-14-8-10(13)9-15-12/h8-9,11H,2-7,13H2,1H3. The molecular weight excluding hydrogens is 200 g/mol. The van der Waals surface area contributed by atoms with Gasteiger partial charge in [0, 0.05) is 12.6 Å². The van der Waals surface area contributed by atoms with Crippen molar-refractivity contribution in [2.75, 3.05) is 17.2 Å². The van der Waals surface area contributed by atoms with E-state index >= 15 is 0 Å². The Bertz CT molecular complexity index is 320. The topological polar surface area (TPSA) is 55.0 Å². The van der Waals surface area contributed by atoms with E-state index in [9.17, 15) is 0 Å². The summed E-state index contributed by atoms with van der Waals surface area (Å²) >= 11 is 0. The first-order valence-electron chi connectivity index (χ1n) is 6.15. The molecule has 0 spiro atoms. The lowest BCUT2D eigenvalue weighted by Crippen LogP contribution is -2.40. The van der Waals surface area contributed by atoms with E-state index in [1.807, 2.05) is 0 Å². The number of aromatic nitrogens is 2. The molecule has 4 nitrogen and oxygen atoms in total. The second kappa shape index (κ2) is 5.14. The monoisotopic (exact) mass is 220 g/mol. The number of nitrogen functional groups attached to an aromatic ring is 1. The summed E-state index contributed by atoms with van der Waals surface area (Å²) in [6.07, 6.45) is 9.68. The highest BCUT2D eigenvalue weighted by Crippen LogP contribution is 2.24. The SMILES string of the molecule is CCCC1CCCCN1c1ncc(N)cn1. The third-order valence-corrected chi connectivity index (χ3v) is 3.16. The number of piperidine rings is 1. The molecule has 0 saturated carbocycles. The van der Waals surface area contributed by atoms with Crippen molar-refractivity contribution in [2.45, 2.75) is 45.1 Å². The zero-order chi connectivity index (χ0) is 11.4. The predicted molar refractivity (Wildman–Crippen MR) is 66.3 cm³/mol. The molecular formula is C12H20N4. The van der Waals surface area contributed by atoms with E-state index in [4.69, 9.17) is 5.73 Å². The van der Waals surface area contributed by atoms with Gasteiger partial charge in [-0.15, -0.1) is 0 Å². The van der Waals surface area contributed by atoms with Crippen LogP contribution in [0.1, 0.15) is 39.0 Å². The molecule has 0 bridgehead atoms. The fraction of sp³-hybridized carbons (Fsp3) is 0.667. The fourth-order valence-electron chi connectivity index (χ4n) is 2.38. The minimum atomic E-state index is 0.613. The van der Waals surface area contributed by atoms with Crippen molar-refractivity contribution in [2.24, 2.45) is 0 Å². The summed E-state index contributed by atoms with van der Waals surface area (Å²) in [6, 6.07) is 0.613. The first-order valence-corrected chi connectivity index (χ1v) is 6.15. The molecule has 88 valence electrons. The summed E-state index contributed by atoms with van der Waals surface area (Å²) in [6.45, 7) is 3.31. The van der Waals surface area contributed by atoms with Crippen LogP contribution in [0.2, 0.25) is 0 Å². The second-order valence-electron chi connectivity index (χ2n) is 4.45. The number of nitrogens with zero attached hydrogens (tertiary/aromatic N) is 3. The lowest BCUT2D eigenvalue weighted by atomic mass is 9.99. The Morgan fingerprint density at radius 2 is 2.12 bits per heavy atom. The van der Waals surface area contributed by atoms with Crippen molar-refractivity contribution in [3.63, 3.8) is 0 Å². The van der Waals surface area contributed by atoms with Gasteiger partial charge in [-0.05, 0) is 25.7 Å². The van der Waals surface area contributed by atoms with Gasteiger partial charge in [0.2, 0.25) is 5.95 Å². The lowest BCUT2D eigenvalue weighted by Gasteiger charge is -2.35. The molecule has 1 fully saturated rings. The number of rotatable bonds is 3. The van der Waals surface area contributed by atoms with Crippen LogP contribution in [0.15, 0.2) is 12.4 Å². The molecule has 0 radical (unpaired) electrons. The van der Waals surface area contributed by atoms with Gasteiger partial charge in [-0.3, -0.25) is 0 Å². The summed E-state index contributed by atoms with van der Waals surface area (Å²) < 4.78 is 0. The van der Waals surface area contributed by atoms with Crippen LogP contribution in [-0.2, 0) is 0 Å². The highest BCUT2D eigenvalue weighted by atomic mass is 15.3. The molecule has 1 aromatic rings. The normalized spacial score (nSPS) is 21.1. The molecule has 1 saturated heterocycles. The first-order chi connectivity index (χ1) is 7.81. The zero-order valence-corrected chi connectivity index (χ0v) is 9.89. The van der Waals surface area contributed by atoms with Crippen molar-refractivity contribution >= 4 is 11.6 Å². The van der Waals surface area contributed by atoms with Crippen LogP contribution in [-0.4, -0.2) is 22.6 Å². The van der Waals surface area contributed by atoms with E-state index < -0.39 is 0 Å². The third kappa shape index (κ3) is 2.43. The molecule has 0 aliphatic carbocycles. The largest absolute Gasteiger partial charge is 0.396 e. The predicted octanol–water partition coefficient (Wildman–Crippen LogP) is 2.22. The van der Waals surface area contributed by atoms with Gasteiger partial charge in [-0.25, -0.2) is 9.97 Å². The average molecular weight is 220 g/mol. The maximum Gasteiger partial charge on any atom is 0.225 e. The van der Waals surface area contributed by atoms with Crippen molar-refractivity contribution < 1.29 is 0 Å². The molecule has 1 aliphatic heterocycles. The Kier molecular flexibility index (Phi) is 3.59. The molecule has 2 N–H and O–H groups in total. The Labute approximate surface area is 96.9 Å². The smallest absolute Gasteiger partial charge is 0.225 e.